The Bertz CT molecular complexity index is 310. The van der Waals surface area contributed by atoms with Gasteiger partial charge in [0.25, 0.3) is 0 Å². The van der Waals surface area contributed by atoms with E-state index in [0.29, 0.717) is 12.1 Å². The second-order valence-corrected chi connectivity index (χ2v) is 4.69. The van der Waals surface area contributed by atoms with Crippen LogP contribution in [0.5, 0.6) is 0 Å². The molecule has 13 heavy (non-hydrogen) atoms. The van der Waals surface area contributed by atoms with Gasteiger partial charge in [-0.15, -0.1) is 11.3 Å². The van der Waals surface area contributed by atoms with Crippen LogP contribution < -0.4 is 5.32 Å². The quantitative estimate of drug-likeness (QED) is 0.680. The topological polar surface area (TPSA) is 21.3 Å². The highest BCUT2D eigenvalue weighted by molar-refractivity contribution is 7.10. The molecule has 3 heteroatoms. The second kappa shape index (κ2) is 3.08. The SMILES string of the molecule is c1cc2c(s1)CC[C@H]1NCCO[C@H]21. The molecule has 1 aromatic rings. The number of hydrogen-bond donors (Lipinski definition) is 1. The molecule has 2 nitrogen and oxygen atoms in total. The van der Waals surface area contributed by atoms with Crippen LogP contribution in [0.15, 0.2) is 11.4 Å². The Hall–Kier alpha value is -0.380. The fourth-order valence-electron chi connectivity index (χ4n) is 2.31. The number of fused-ring (bicyclic) bond motifs is 3. The number of nitrogens with one attached hydrogen (secondary N) is 1. The largest absolute Gasteiger partial charge is 0.371 e. The van der Waals surface area contributed by atoms with Gasteiger partial charge in [-0.3, -0.25) is 0 Å². The first-order valence-corrected chi connectivity index (χ1v) is 5.74. The molecule has 1 saturated heterocycles. The van der Waals surface area contributed by atoms with Gasteiger partial charge >= 0.3 is 0 Å². The summed E-state index contributed by atoms with van der Waals surface area (Å²) in [7, 11) is 0. The Morgan fingerprint density at radius 1 is 1.54 bits per heavy atom. The fourth-order valence-corrected chi connectivity index (χ4v) is 3.24. The lowest BCUT2D eigenvalue weighted by molar-refractivity contribution is -0.0121. The van der Waals surface area contributed by atoms with Gasteiger partial charge in [0.15, 0.2) is 0 Å². The van der Waals surface area contributed by atoms with E-state index in [0.717, 1.165) is 13.2 Å². The fraction of sp³-hybridized carbons (Fsp3) is 0.600. The van der Waals surface area contributed by atoms with Crippen molar-refractivity contribution in [2.45, 2.75) is 25.0 Å². The van der Waals surface area contributed by atoms with Gasteiger partial charge < -0.3 is 10.1 Å². The van der Waals surface area contributed by atoms with Crippen LogP contribution in [0.25, 0.3) is 0 Å². The summed E-state index contributed by atoms with van der Waals surface area (Å²) in [6, 6.07) is 2.79. The lowest BCUT2D eigenvalue weighted by atomic mass is 9.90. The lowest BCUT2D eigenvalue weighted by Crippen LogP contribution is -2.45. The van der Waals surface area contributed by atoms with Crippen LogP contribution in [0.1, 0.15) is 23.0 Å². The summed E-state index contributed by atoms with van der Waals surface area (Å²) in [6.07, 6.45) is 2.80. The molecule has 0 saturated carbocycles. The highest BCUT2D eigenvalue weighted by atomic mass is 32.1. The first kappa shape index (κ1) is 7.97. The summed E-state index contributed by atoms with van der Waals surface area (Å²) < 4.78 is 5.81. The van der Waals surface area contributed by atoms with Gasteiger partial charge in [0, 0.05) is 17.5 Å². The van der Waals surface area contributed by atoms with Crippen molar-refractivity contribution in [1.82, 2.24) is 5.32 Å². The van der Waals surface area contributed by atoms with Gasteiger partial charge in [0.2, 0.25) is 0 Å². The number of ether oxygens (including phenoxy) is 1. The molecule has 1 aliphatic carbocycles. The van der Waals surface area contributed by atoms with Crippen molar-refractivity contribution in [3.8, 4) is 0 Å². The molecule has 1 aromatic heterocycles. The van der Waals surface area contributed by atoms with Crippen LogP contribution in [0.3, 0.4) is 0 Å². The van der Waals surface area contributed by atoms with Crippen molar-refractivity contribution in [3.63, 3.8) is 0 Å². The average Bonchev–Trinajstić information content (AvgIpc) is 2.65. The zero-order valence-electron chi connectivity index (χ0n) is 7.45. The van der Waals surface area contributed by atoms with E-state index in [-0.39, 0.29) is 0 Å². The number of hydrogen-bond acceptors (Lipinski definition) is 3. The van der Waals surface area contributed by atoms with E-state index >= 15 is 0 Å². The summed E-state index contributed by atoms with van der Waals surface area (Å²) in [6.45, 7) is 1.87. The Morgan fingerprint density at radius 3 is 3.54 bits per heavy atom. The molecule has 1 N–H and O–H groups in total. The minimum Gasteiger partial charge on any atom is -0.371 e. The van der Waals surface area contributed by atoms with Crippen LogP contribution in [-0.4, -0.2) is 19.2 Å². The van der Waals surface area contributed by atoms with E-state index in [1.165, 1.54) is 23.3 Å². The van der Waals surface area contributed by atoms with Crippen LogP contribution in [0, 0.1) is 0 Å². The molecule has 0 amide bonds. The standard InChI is InChI=1S/C10H13NOS/c1-2-9-7(3-6-13-9)10-8(1)11-4-5-12-10/h3,6,8,10-11H,1-2,4-5H2/t8-,10-/m1/s1. The molecule has 2 atom stereocenters. The van der Waals surface area contributed by atoms with Gasteiger partial charge in [0.1, 0.15) is 0 Å². The summed E-state index contributed by atoms with van der Waals surface area (Å²) >= 11 is 1.87. The Morgan fingerprint density at radius 2 is 2.54 bits per heavy atom. The smallest absolute Gasteiger partial charge is 0.0989 e. The third-order valence-corrected chi connectivity index (χ3v) is 3.94. The maximum Gasteiger partial charge on any atom is 0.0989 e. The van der Waals surface area contributed by atoms with Crippen molar-refractivity contribution in [3.05, 3.63) is 21.9 Å². The number of aryl methyl sites for hydroxylation is 1. The third kappa shape index (κ3) is 1.23. The maximum absolute atomic E-state index is 5.81. The zero-order valence-corrected chi connectivity index (χ0v) is 8.27. The predicted molar refractivity (Wildman–Crippen MR) is 53.1 cm³/mol. The van der Waals surface area contributed by atoms with Gasteiger partial charge in [-0.25, -0.2) is 0 Å². The summed E-state index contributed by atoms with van der Waals surface area (Å²) in [4.78, 5) is 1.53. The molecular formula is C10H13NOS. The summed E-state index contributed by atoms with van der Waals surface area (Å²) in [5.74, 6) is 0. The normalized spacial score (nSPS) is 32.3. The van der Waals surface area contributed by atoms with Gasteiger partial charge in [-0.1, -0.05) is 0 Å². The van der Waals surface area contributed by atoms with Gasteiger partial charge in [-0.05, 0) is 29.9 Å². The van der Waals surface area contributed by atoms with Crippen LogP contribution >= 0.6 is 11.3 Å². The first-order valence-electron chi connectivity index (χ1n) is 4.86. The number of rotatable bonds is 0. The summed E-state index contributed by atoms with van der Waals surface area (Å²) in [5, 5.41) is 5.72. The van der Waals surface area contributed by atoms with Crippen LogP contribution in [0.2, 0.25) is 0 Å². The van der Waals surface area contributed by atoms with Crippen molar-refractivity contribution in [1.29, 1.82) is 0 Å². The highest BCUT2D eigenvalue weighted by Gasteiger charge is 2.32. The van der Waals surface area contributed by atoms with Crippen molar-refractivity contribution < 1.29 is 4.74 Å². The Kier molecular flexibility index (Phi) is 1.89. The number of thiophene rings is 1. The first-order chi connectivity index (χ1) is 6.45. The average molecular weight is 195 g/mol. The third-order valence-electron chi connectivity index (χ3n) is 2.94. The molecule has 0 aromatic carbocycles. The molecule has 2 heterocycles. The molecule has 1 fully saturated rings. The molecule has 3 rings (SSSR count). The predicted octanol–water partition coefficient (Wildman–Crippen LogP) is 1.72. The van der Waals surface area contributed by atoms with E-state index in [1.807, 2.05) is 11.3 Å². The van der Waals surface area contributed by atoms with Crippen molar-refractivity contribution in [2.75, 3.05) is 13.2 Å². The van der Waals surface area contributed by atoms with Crippen molar-refractivity contribution in [2.24, 2.45) is 0 Å². The maximum atomic E-state index is 5.81. The lowest BCUT2D eigenvalue weighted by Gasteiger charge is -2.36. The zero-order chi connectivity index (χ0) is 8.67. The molecule has 0 radical (unpaired) electrons. The Labute approximate surface area is 81.9 Å². The molecule has 2 aliphatic rings. The minimum atomic E-state index is 0.337. The molecule has 0 unspecified atom stereocenters. The van der Waals surface area contributed by atoms with Gasteiger partial charge in [-0.2, -0.15) is 0 Å². The molecule has 1 aliphatic heterocycles. The number of morpholine rings is 1. The van der Waals surface area contributed by atoms with Crippen LogP contribution in [0.4, 0.5) is 0 Å². The summed E-state index contributed by atoms with van der Waals surface area (Å²) in [5.41, 5.74) is 1.44. The molecular weight excluding hydrogens is 182 g/mol. The monoisotopic (exact) mass is 195 g/mol. The van der Waals surface area contributed by atoms with E-state index in [9.17, 15) is 0 Å². The van der Waals surface area contributed by atoms with E-state index in [1.54, 1.807) is 0 Å². The minimum absolute atomic E-state index is 0.337. The van der Waals surface area contributed by atoms with E-state index in [4.69, 9.17) is 4.74 Å². The second-order valence-electron chi connectivity index (χ2n) is 3.69. The van der Waals surface area contributed by atoms with Crippen molar-refractivity contribution >= 4 is 11.3 Å². The Balaban J connectivity index is 1.97. The molecule has 70 valence electrons. The molecule has 0 bridgehead atoms. The van der Waals surface area contributed by atoms with Crippen LogP contribution in [-0.2, 0) is 11.2 Å². The highest BCUT2D eigenvalue weighted by Crippen LogP contribution is 2.36. The van der Waals surface area contributed by atoms with E-state index in [2.05, 4.69) is 16.8 Å². The molecule has 0 spiro atoms. The van der Waals surface area contributed by atoms with E-state index < -0.39 is 0 Å². The van der Waals surface area contributed by atoms with Gasteiger partial charge in [0.05, 0.1) is 12.7 Å².